The number of carboxylic acid groups (broad SMARTS) is 1. The fourth-order valence-electron chi connectivity index (χ4n) is 1.79. The highest BCUT2D eigenvalue weighted by atomic mass is 32.1. The zero-order valence-corrected chi connectivity index (χ0v) is 13.1. The summed E-state index contributed by atoms with van der Waals surface area (Å²) in [5, 5.41) is 12.3. The topological polar surface area (TPSA) is 82.5 Å². The molecule has 0 aliphatic heterocycles. The lowest BCUT2D eigenvalue weighted by molar-refractivity contribution is 0.0701. The molecule has 1 rings (SSSR count). The Balaban J connectivity index is 2.60. The van der Waals surface area contributed by atoms with E-state index in [1.54, 1.807) is 11.8 Å². The molecule has 1 aromatic heterocycles. The average Bonchev–Trinajstić information content (AvgIpc) is 2.74. The van der Waals surface area contributed by atoms with E-state index in [4.69, 9.17) is 5.11 Å². The lowest BCUT2D eigenvalue weighted by Crippen LogP contribution is -2.41. The van der Waals surface area contributed by atoms with Gasteiger partial charge in [0.1, 0.15) is 9.88 Å². The van der Waals surface area contributed by atoms with Crippen LogP contribution in [-0.4, -0.2) is 40.1 Å². The van der Waals surface area contributed by atoms with E-state index in [9.17, 15) is 9.59 Å². The highest BCUT2D eigenvalue weighted by Crippen LogP contribution is 2.17. The largest absolute Gasteiger partial charge is 0.477 e. The summed E-state index contributed by atoms with van der Waals surface area (Å²) in [6, 6.07) is -0.147. The van der Waals surface area contributed by atoms with Crippen molar-refractivity contribution in [3.05, 3.63) is 15.6 Å². The molecule has 2 N–H and O–H groups in total. The van der Waals surface area contributed by atoms with Crippen LogP contribution < -0.4 is 5.32 Å². The van der Waals surface area contributed by atoms with Gasteiger partial charge < -0.3 is 15.3 Å². The van der Waals surface area contributed by atoms with Gasteiger partial charge in [-0.3, -0.25) is 0 Å². The van der Waals surface area contributed by atoms with Gasteiger partial charge in [-0.1, -0.05) is 13.8 Å². The lowest BCUT2D eigenvalue weighted by atomic mass is 10.2. The van der Waals surface area contributed by atoms with Crippen molar-refractivity contribution >= 4 is 23.3 Å². The number of carbonyl (C=O) groups excluding carboxylic acids is 1. The van der Waals surface area contributed by atoms with E-state index in [-0.39, 0.29) is 17.5 Å². The number of aromatic nitrogens is 1. The summed E-state index contributed by atoms with van der Waals surface area (Å²) >= 11 is 1.10. The first-order valence-electron chi connectivity index (χ1n) is 6.57. The molecule has 20 heavy (non-hydrogen) atoms. The third-order valence-corrected chi connectivity index (χ3v) is 3.83. The van der Waals surface area contributed by atoms with Crippen molar-refractivity contribution in [3.8, 4) is 0 Å². The molecule has 112 valence electrons. The lowest BCUT2D eigenvalue weighted by Gasteiger charge is -2.22. The molecule has 2 amide bonds. The number of carboxylic acids is 1. The maximum absolute atomic E-state index is 12.0. The van der Waals surface area contributed by atoms with Crippen LogP contribution in [0.15, 0.2) is 0 Å². The van der Waals surface area contributed by atoms with Crippen molar-refractivity contribution in [3.63, 3.8) is 0 Å². The average molecular weight is 299 g/mol. The number of aryl methyl sites for hydroxylation is 1. The zero-order chi connectivity index (χ0) is 15.3. The molecule has 0 aliphatic carbocycles. The number of carbonyl (C=O) groups is 2. The van der Waals surface area contributed by atoms with Crippen molar-refractivity contribution in [1.29, 1.82) is 0 Å². The van der Waals surface area contributed by atoms with Crippen LogP contribution in [0.25, 0.3) is 0 Å². The molecular weight excluding hydrogens is 278 g/mol. The summed E-state index contributed by atoms with van der Waals surface area (Å²) in [4.78, 5) is 29.0. The fourth-order valence-corrected chi connectivity index (χ4v) is 2.63. The van der Waals surface area contributed by atoms with Crippen LogP contribution in [0.1, 0.15) is 41.1 Å². The van der Waals surface area contributed by atoms with Gasteiger partial charge in [-0.15, -0.1) is 11.3 Å². The van der Waals surface area contributed by atoms with E-state index >= 15 is 0 Å². The van der Waals surface area contributed by atoms with E-state index in [2.05, 4.69) is 24.1 Å². The predicted molar refractivity (Wildman–Crippen MR) is 78.1 cm³/mol. The van der Waals surface area contributed by atoms with Gasteiger partial charge in [-0.2, -0.15) is 0 Å². The van der Waals surface area contributed by atoms with Gasteiger partial charge in [0.25, 0.3) is 0 Å². The van der Waals surface area contributed by atoms with Gasteiger partial charge in [0.2, 0.25) is 0 Å². The van der Waals surface area contributed by atoms with Gasteiger partial charge >= 0.3 is 12.0 Å². The summed E-state index contributed by atoms with van der Waals surface area (Å²) in [5.74, 6) is -0.575. The fraction of sp³-hybridized carbons (Fsp3) is 0.615. The normalized spacial score (nSPS) is 10.7. The first kappa shape index (κ1) is 16.4. The summed E-state index contributed by atoms with van der Waals surface area (Å²) in [6.45, 7) is 9.28. The molecule has 0 aromatic carbocycles. The van der Waals surface area contributed by atoms with Gasteiger partial charge in [0, 0.05) is 13.1 Å². The first-order chi connectivity index (χ1) is 9.35. The van der Waals surface area contributed by atoms with Gasteiger partial charge in [0.05, 0.1) is 12.2 Å². The van der Waals surface area contributed by atoms with Gasteiger partial charge in [-0.25, -0.2) is 14.6 Å². The van der Waals surface area contributed by atoms with Crippen LogP contribution >= 0.6 is 11.3 Å². The van der Waals surface area contributed by atoms with Crippen molar-refractivity contribution in [1.82, 2.24) is 15.2 Å². The molecular formula is C13H21N3O3S. The molecule has 0 fully saturated rings. The number of thiazole rings is 1. The third kappa shape index (κ3) is 4.48. The zero-order valence-electron chi connectivity index (χ0n) is 12.3. The first-order valence-corrected chi connectivity index (χ1v) is 7.39. The van der Waals surface area contributed by atoms with E-state index < -0.39 is 5.97 Å². The predicted octanol–water partition coefficient (Wildman–Crippen LogP) is 2.34. The smallest absolute Gasteiger partial charge is 0.347 e. The summed E-state index contributed by atoms with van der Waals surface area (Å²) in [6.07, 6.45) is 0. The third-order valence-electron chi connectivity index (χ3n) is 2.68. The second-order valence-electron chi connectivity index (χ2n) is 4.92. The molecule has 7 heteroatoms. The minimum atomic E-state index is -0.979. The number of nitrogens with zero attached hydrogens (tertiary/aromatic N) is 2. The molecule has 0 aliphatic rings. The molecule has 1 aromatic rings. The number of urea groups is 1. The second-order valence-corrected chi connectivity index (χ2v) is 6.00. The Hall–Kier alpha value is -1.63. The minimum Gasteiger partial charge on any atom is -0.477 e. The second kappa shape index (κ2) is 7.23. The number of amides is 2. The summed E-state index contributed by atoms with van der Waals surface area (Å²) in [7, 11) is 0. The summed E-state index contributed by atoms with van der Waals surface area (Å²) < 4.78 is 0. The van der Waals surface area contributed by atoms with Gasteiger partial charge in [-0.05, 0) is 19.8 Å². The number of aromatic carboxylic acids is 1. The summed E-state index contributed by atoms with van der Waals surface area (Å²) in [5.41, 5.74) is 0.487. The Kier molecular flexibility index (Phi) is 5.94. The van der Waals surface area contributed by atoms with Crippen molar-refractivity contribution in [2.45, 2.75) is 34.2 Å². The number of hydrogen-bond acceptors (Lipinski definition) is 4. The molecule has 1 heterocycles. The molecule has 0 bridgehead atoms. The highest BCUT2D eigenvalue weighted by Gasteiger charge is 2.16. The Labute approximate surface area is 122 Å². The minimum absolute atomic E-state index is 0.147. The van der Waals surface area contributed by atoms with Crippen molar-refractivity contribution in [2.24, 2.45) is 5.92 Å². The van der Waals surface area contributed by atoms with Crippen molar-refractivity contribution in [2.75, 3.05) is 13.1 Å². The maximum atomic E-state index is 12.0. The molecule has 0 radical (unpaired) electrons. The van der Waals surface area contributed by atoms with E-state index in [0.29, 0.717) is 29.7 Å². The van der Waals surface area contributed by atoms with Crippen LogP contribution in [0, 0.1) is 12.8 Å². The molecule has 0 atom stereocenters. The molecule has 0 saturated heterocycles. The molecule has 0 spiro atoms. The maximum Gasteiger partial charge on any atom is 0.347 e. The van der Waals surface area contributed by atoms with Crippen LogP contribution in [-0.2, 0) is 6.54 Å². The van der Waals surface area contributed by atoms with Crippen LogP contribution in [0.2, 0.25) is 0 Å². The van der Waals surface area contributed by atoms with E-state index in [1.807, 2.05) is 6.92 Å². The van der Waals surface area contributed by atoms with Crippen molar-refractivity contribution < 1.29 is 14.7 Å². The van der Waals surface area contributed by atoms with E-state index in [0.717, 1.165) is 11.3 Å². The Morgan fingerprint density at radius 1 is 1.45 bits per heavy atom. The Morgan fingerprint density at radius 3 is 2.55 bits per heavy atom. The van der Waals surface area contributed by atoms with Gasteiger partial charge in [0.15, 0.2) is 0 Å². The van der Waals surface area contributed by atoms with E-state index in [1.165, 1.54) is 0 Å². The van der Waals surface area contributed by atoms with Crippen LogP contribution in [0.5, 0.6) is 0 Å². The SMILES string of the molecule is CCN(CC(C)C)C(=O)NCc1nc(C)c(C(=O)O)s1. The molecule has 6 nitrogen and oxygen atoms in total. The molecule has 0 unspecified atom stereocenters. The van der Waals surface area contributed by atoms with Crippen LogP contribution in [0.3, 0.4) is 0 Å². The Bertz CT molecular complexity index is 485. The molecule has 0 saturated carbocycles. The number of hydrogen-bond donors (Lipinski definition) is 2. The number of rotatable bonds is 6. The quantitative estimate of drug-likeness (QED) is 0.844. The van der Waals surface area contributed by atoms with Crippen LogP contribution in [0.4, 0.5) is 4.79 Å². The standard InChI is InChI=1S/C13H21N3O3S/c1-5-16(7-8(2)3)13(19)14-6-10-15-9(4)11(20-10)12(17)18/h8H,5-7H2,1-4H3,(H,14,19)(H,17,18). The Morgan fingerprint density at radius 2 is 2.10 bits per heavy atom. The highest BCUT2D eigenvalue weighted by molar-refractivity contribution is 7.13. The monoisotopic (exact) mass is 299 g/mol. The number of nitrogens with one attached hydrogen (secondary N) is 1.